The van der Waals surface area contributed by atoms with Crippen LogP contribution in [0.2, 0.25) is 0 Å². The van der Waals surface area contributed by atoms with Gasteiger partial charge in [-0.15, -0.1) is 0 Å². The summed E-state index contributed by atoms with van der Waals surface area (Å²) in [5.74, 6) is 0.240. The van der Waals surface area contributed by atoms with E-state index in [2.05, 4.69) is 24.1 Å². The molecule has 1 amide bonds. The van der Waals surface area contributed by atoms with Crippen molar-refractivity contribution in [3.63, 3.8) is 0 Å². The van der Waals surface area contributed by atoms with Crippen molar-refractivity contribution in [2.75, 3.05) is 0 Å². The van der Waals surface area contributed by atoms with Crippen molar-refractivity contribution in [2.45, 2.75) is 51.6 Å². The fourth-order valence-corrected chi connectivity index (χ4v) is 4.21. The highest BCUT2D eigenvalue weighted by molar-refractivity contribution is 5.86. The van der Waals surface area contributed by atoms with Crippen molar-refractivity contribution < 1.29 is 9.18 Å². The van der Waals surface area contributed by atoms with Crippen LogP contribution in [-0.4, -0.2) is 15.5 Å². The van der Waals surface area contributed by atoms with E-state index in [4.69, 9.17) is 0 Å². The first-order valence-electron chi connectivity index (χ1n) is 9.75. The van der Waals surface area contributed by atoms with Crippen LogP contribution in [0.5, 0.6) is 0 Å². The number of carbonyl (C=O) groups is 1. The van der Waals surface area contributed by atoms with Gasteiger partial charge in [0.1, 0.15) is 11.9 Å². The number of aromatic nitrogens is 2. The monoisotopic (exact) mass is 367 g/mol. The van der Waals surface area contributed by atoms with Crippen LogP contribution in [0.1, 0.15) is 56.5 Å². The van der Waals surface area contributed by atoms with E-state index in [1.54, 1.807) is 12.1 Å². The van der Waals surface area contributed by atoms with Crippen LogP contribution in [0.3, 0.4) is 0 Å². The van der Waals surface area contributed by atoms with Gasteiger partial charge in [0.15, 0.2) is 0 Å². The summed E-state index contributed by atoms with van der Waals surface area (Å²) in [5, 5.41) is 4.20. The molecule has 0 saturated carbocycles. The first-order valence-corrected chi connectivity index (χ1v) is 9.75. The molecule has 0 spiro atoms. The molecule has 1 aliphatic rings. The maximum atomic E-state index is 13.7. The smallest absolute Gasteiger partial charge is 0.243 e. The van der Waals surface area contributed by atoms with Crippen LogP contribution >= 0.6 is 0 Å². The zero-order chi connectivity index (χ0) is 19.0. The van der Waals surface area contributed by atoms with E-state index >= 15 is 0 Å². The Morgan fingerprint density at radius 1 is 1.33 bits per heavy atom. The molecule has 142 valence electrons. The van der Waals surface area contributed by atoms with Gasteiger partial charge in [-0.05, 0) is 67.5 Å². The van der Waals surface area contributed by atoms with Gasteiger partial charge in [0.2, 0.25) is 5.91 Å². The second-order valence-electron chi connectivity index (χ2n) is 7.94. The predicted octanol–water partition coefficient (Wildman–Crippen LogP) is 4.89. The van der Waals surface area contributed by atoms with Crippen LogP contribution < -0.4 is 5.32 Å². The first-order chi connectivity index (χ1) is 13.0. The van der Waals surface area contributed by atoms with Crippen molar-refractivity contribution in [1.29, 1.82) is 0 Å². The summed E-state index contributed by atoms with van der Waals surface area (Å²) in [5.41, 5.74) is 3.11. The van der Waals surface area contributed by atoms with Crippen LogP contribution in [0.15, 0.2) is 42.7 Å². The van der Waals surface area contributed by atoms with Crippen molar-refractivity contribution in [3.8, 4) is 0 Å². The summed E-state index contributed by atoms with van der Waals surface area (Å²) in [6, 6.07) is 8.48. The Balaban J connectivity index is 1.61. The topological polar surface area (TPSA) is 49.8 Å². The summed E-state index contributed by atoms with van der Waals surface area (Å²) >= 11 is 0. The minimum Gasteiger partial charge on any atom is -0.356 e. The highest BCUT2D eigenvalue weighted by Gasteiger charge is 2.29. The lowest BCUT2D eigenvalue weighted by atomic mass is 9.91. The van der Waals surface area contributed by atoms with E-state index in [0.717, 1.165) is 47.8 Å². The second-order valence-corrected chi connectivity index (χ2v) is 7.94. The molecular formula is C22H26FN3O. The molecule has 0 aliphatic heterocycles. The van der Waals surface area contributed by atoms with Crippen molar-refractivity contribution in [3.05, 3.63) is 59.8 Å². The van der Waals surface area contributed by atoms with Gasteiger partial charge < -0.3 is 14.9 Å². The molecule has 2 heterocycles. The van der Waals surface area contributed by atoms with Crippen LogP contribution in [0.4, 0.5) is 4.39 Å². The number of H-pyrrole nitrogens is 1. The average Bonchev–Trinajstić information content (AvgIpc) is 3.28. The Labute approximate surface area is 158 Å². The zero-order valence-electron chi connectivity index (χ0n) is 15.8. The lowest BCUT2D eigenvalue weighted by molar-refractivity contribution is -0.125. The third-order valence-corrected chi connectivity index (χ3v) is 5.47. The number of fused-ring (bicyclic) bond motifs is 3. The second kappa shape index (κ2) is 7.22. The summed E-state index contributed by atoms with van der Waals surface area (Å²) in [6.07, 6.45) is 7.49. The molecule has 1 aliphatic carbocycles. The molecule has 1 aromatic carbocycles. The number of nitrogens with zero attached hydrogens (tertiary/aromatic N) is 1. The van der Waals surface area contributed by atoms with E-state index in [1.807, 2.05) is 29.1 Å². The lowest BCUT2D eigenvalue weighted by Gasteiger charge is -2.27. The number of aryl methyl sites for hydroxylation is 1. The number of benzene rings is 1. The predicted molar refractivity (Wildman–Crippen MR) is 105 cm³/mol. The molecule has 4 rings (SSSR count). The molecule has 0 saturated heterocycles. The normalized spacial score (nSPS) is 17.9. The number of halogens is 1. The van der Waals surface area contributed by atoms with E-state index < -0.39 is 0 Å². The molecule has 2 N–H and O–H groups in total. The molecule has 0 radical (unpaired) electrons. The minimum absolute atomic E-state index is 0.0441. The standard InChI is InChI=1S/C22H26FN3O/c1-14(2)12-20(26-10-3-4-11-26)22(27)25-19-7-5-6-16-17-13-15(23)8-9-18(17)24-21(16)19/h3-4,8-11,13-14,19-20,24H,5-7,12H2,1-2H3,(H,25,27)/t19-,20-/m1/s1. The van der Waals surface area contributed by atoms with Gasteiger partial charge in [0, 0.05) is 29.0 Å². The van der Waals surface area contributed by atoms with Crippen LogP contribution in [0.25, 0.3) is 10.9 Å². The largest absolute Gasteiger partial charge is 0.356 e. The fourth-order valence-electron chi connectivity index (χ4n) is 4.21. The van der Waals surface area contributed by atoms with Crippen molar-refractivity contribution in [2.24, 2.45) is 5.92 Å². The Bertz CT molecular complexity index is 942. The number of hydrogen-bond donors (Lipinski definition) is 2. The summed E-state index contributed by atoms with van der Waals surface area (Å²) in [7, 11) is 0. The molecule has 2 aromatic heterocycles. The number of rotatable bonds is 5. The highest BCUT2D eigenvalue weighted by atomic mass is 19.1. The van der Waals surface area contributed by atoms with Gasteiger partial charge in [-0.1, -0.05) is 13.8 Å². The first kappa shape index (κ1) is 17.8. The maximum Gasteiger partial charge on any atom is 0.243 e. The molecule has 27 heavy (non-hydrogen) atoms. The third-order valence-electron chi connectivity index (χ3n) is 5.47. The zero-order valence-corrected chi connectivity index (χ0v) is 15.8. The minimum atomic E-state index is -0.222. The van der Waals surface area contributed by atoms with Gasteiger partial charge in [-0.2, -0.15) is 0 Å². The van der Waals surface area contributed by atoms with E-state index in [0.29, 0.717) is 5.92 Å². The number of aromatic amines is 1. The molecule has 0 bridgehead atoms. The Morgan fingerprint density at radius 2 is 2.11 bits per heavy atom. The number of amides is 1. The SMILES string of the molecule is CC(C)C[C@H](C(=O)N[C@@H]1CCCc2c1[nH]c1ccc(F)cc21)n1cccc1. The molecule has 3 aromatic rings. The highest BCUT2D eigenvalue weighted by Crippen LogP contribution is 2.35. The number of carbonyl (C=O) groups excluding carboxylic acids is 1. The Kier molecular flexibility index (Phi) is 4.77. The summed E-state index contributed by atoms with van der Waals surface area (Å²) < 4.78 is 15.7. The summed E-state index contributed by atoms with van der Waals surface area (Å²) in [4.78, 5) is 16.5. The number of hydrogen-bond acceptors (Lipinski definition) is 1. The van der Waals surface area contributed by atoms with Crippen LogP contribution in [-0.2, 0) is 11.2 Å². The molecule has 0 fully saturated rings. The van der Waals surface area contributed by atoms with Crippen molar-refractivity contribution in [1.82, 2.24) is 14.9 Å². The molecule has 2 atom stereocenters. The third kappa shape index (κ3) is 3.51. The fraction of sp³-hybridized carbons (Fsp3) is 0.409. The Hall–Kier alpha value is -2.56. The molecular weight excluding hydrogens is 341 g/mol. The maximum absolute atomic E-state index is 13.7. The van der Waals surface area contributed by atoms with Gasteiger partial charge in [0.05, 0.1) is 6.04 Å². The lowest BCUT2D eigenvalue weighted by Crippen LogP contribution is -2.37. The van der Waals surface area contributed by atoms with Gasteiger partial charge in [-0.3, -0.25) is 4.79 Å². The molecule has 0 unspecified atom stereocenters. The Morgan fingerprint density at radius 3 is 2.85 bits per heavy atom. The van der Waals surface area contributed by atoms with Gasteiger partial charge >= 0.3 is 0 Å². The average molecular weight is 367 g/mol. The summed E-state index contributed by atoms with van der Waals surface area (Å²) in [6.45, 7) is 4.27. The van der Waals surface area contributed by atoms with E-state index in [-0.39, 0.29) is 23.8 Å². The van der Waals surface area contributed by atoms with E-state index in [9.17, 15) is 9.18 Å². The number of nitrogens with one attached hydrogen (secondary N) is 2. The molecule has 4 nitrogen and oxygen atoms in total. The molecule has 5 heteroatoms. The van der Waals surface area contributed by atoms with Crippen LogP contribution in [0, 0.1) is 11.7 Å². The quantitative estimate of drug-likeness (QED) is 0.663. The van der Waals surface area contributed by atoms with Crippen molar-refractivity contribution >= 4 is 16.8 Å². The van der Waals surface area contributed by atoms with Gasteiger partial charge in [0.25, 0.3) is 0 Å². The van der Waals surface area contributed by atoms with Gasteiger partial charge in [-0.25, -0.2) is 4.39 Å². The van der Waals surface area contributed by atoms with E-state index in [1.165, 1.54) is 6.07 Å².